The van der Waals surface area contributed by atoms with Gasteiger partial charge in [0.15, 0.2) is 0 Å². The lowest BCUT2D eigenvalue weighted by Crippen LogP contribution is -2.35. The number of rotatable bonds is 5. The number of hydrogen-bond acceptors (Lipinski definition) is 4. The molecule has 7 nitrogen and oxygen atoms in total. The highest BCUT2D eigenvalue weighted by atomic mass is 32.2. The second kappa shape index (κ2) is 6.57. The normalized spacial score (nSPS) is 11.0. The number of aromatic carboxylic acids is 1. The molecule has 0 fully saturated rings. The SMILES string of the molecule is Cc1ccc(C(=O)O)cc1NC(=O)N(C)CCS(C)(=O)=O. The van der Waals surface area contributed by atoms with Gasteiger partial charge in [-0.2, -0.15) is 0 Å². The van der Waals surface area contributed by atoms with Crippen LogP contribution in [0.2, 0.25) is 0 Å². The molecule has 0 aliphatic carbocycles. The summed E-state index contributed by atoms with van der Waals surface area (Å²) in [5.74, 6) is -1.22. The molecule has 2 N–H and O–H groups in total. The van der Waals surface area contributed by atoms with Gasteiger partial charge in [0, 0.05) is 25.5 Å². The Labute approximate surface area is 123 Å². The van der Waals surface area contributed by atoms with Gasteiger partial charge in [-0.25, -0.2) is 18.0 Å². The quantitative estimate of drug-likeness (QED) is 0.850. The van der Waals surface area contributed by atoms with E-state index in [9.17, 15) is 18.0 Å². The predicted octanol–water partition coefficient (Wildman–Crippen LogP) is 1.20. The first-order valence-corrected chi connectivity index (χ1v) is 8.20. The molecule has 0 heterocycles. The van der Waals surface area contributed by atoms with E-state index >= 15 is 0 Å². The Morgan fingerprint density at radius 1 is 1.33 bits per heavy atom. The number of amides is 2. The Morgan fingerprint density at radius 2 is 1.95 bits per heavy atom. The fraction of sp³-hybridized carbons (Fsp3) is 0.385. The lowest BCUT2D eigenvalue weighted by molar-refractivity contribution is 0.0697. The molecule has 0 unspecified atom stereocenters. The van der Waals surface area contributed by atoms with Crippen molar-refractivity contribution in [3.05, 3.63) is 29.3 Å². The van der Waals surface area contributed by atoms with Crippen LogP contribution in [0.25, 0.3) is 0 Å². The van der Waals surface area contributed by atoms with Gasteiger partial charge >= 0.3 is 12.0 Å². The molecule has 8 heteroatoms. The molecule has 2 amide bonds. The third kappa shape index (κ3) is 5.42. The van der Waals surface area contributed by atoms with Gasteiger partial charge in [0.2, 0.25) is 0 Å². The van der Waals surface area contributed by atoms with Crippen LogP contribution in [-0.2, 0) is 9.84 Å². The summed E-state index contributed by atoms with van der Waals surface area (Å²) in [5.41, 5.74) is 1.16. The fourth-order valence-electron chi connectivity index (χ4n) is 1.50. The number of anilines is 1. The highest BCUT2D eigenvalue weighted by Crippen LogP contribution is 2.17. The van der Waals surface area contributed by atoms with Crippen molar-refractivity contribution in [2.24, 2.45) is 0 Å². The maximum absolute atomic E-state index is 11.9. The summed E-state index contributed by atoms with van der Waals surface area (Å²) in [4.78, 5) is 24.1. The van der Waals surface area contributed by atoms with E-state index in [-0.39, 0.29) is 17.9 Å². The molecule has 0 saturated carbocycles. The molecule has 1 rings (SSSR count). The first-order chi connectivity index (χ1) is 9.60. The molecule has 0 aliphatic rings. The van der Waals surface area contributed by atoms with Crippen molar-refractivity contribution in [1.82, 2.24) is 4.90 Å². The summed E-state index contributed by atoms with van der Waals surface area (Å²) in [5, 5.41) is 11.5. The van der Waals surface area contributed by atoms with Gasteiger partial charge in [-0.3, -0.25) is 0 Å². The Morgan fingerprint density at radius 3 is 2.48 bits per heavy atom. The van der Waals surface area contributed by atoms with Gasteiger partial charge in [-0.05, 0) is 24.6 Å². The van der Waals surface area contributed by atoms with E-state index in [1.807, 2.05) is 0 Å². The summed E-state index contributed by atoms with van der Waals surface area (Å²) in [6.45, 7) is 1.79. The minimum atomic E-state index is -3.15. The summed E-state index contributed by atoms with van der Waals surface area (Å²) < 4.78 is 22.1. The Balaban J connectivity index is 2.78. The van der Waals surface area contributed by atoms with E-state index in [2.05, 4.69) is 5.32 Å². The number of carbonyl (C=O) groups excluding carboxylic acids is 1. The maximum atomic E-state index is 11.9. The molecule has 0 saturated heterocycles. The van der Waals surface area contributed by atoms with Gasteiger partial charge in [0.05, 0.1) is 11.3 Å². The number of nitrogens with one attached hydrogen (secondary N) is 1. The fourth-order valence-corrected chi connectivity index (χ4v) is 2.11. The van der Waals surface area contributed by atoms with Crippen LogP contribution in [0.15, 0.2) is 18.2 Å². The van der Waals surface area contributed by atoms with Crippen molar-refractivity contribution in [2.45, 2.75) is 6.92 Å². The van der Waals surface area contributed by atoms with E-state index in [0.717, 1.165) is 6.26 Å². The monoisotopic (exact) mass is 314 g/mol. The number of carboxylic acids is 1. The van der Waals surface area contributed by atoms with Crippen molar-refractivity contribution >= 4 is 27.5 Å². The molecular weight excluding hydrogens is 296 g/mol. The van der Waals surface area contributed by atoms with Gasteiger partial charge in [0.25, 0.3) is 0 Å². The molecule has 21 heavy (non-hydrogen) atoms. The molecule has 0 atom stereocenters. The highest BCUT2D eigenvalue weighted by Gasteiger charge is 2.14. The van der Waals surface area contributed by atoms with Crippen LogP contribution in [0.3, 0.4) is 0 Å². The third-order valence-electron chi connectivity index (χ3n) is 2.87. The first kappa shape index (κ1) is 17.0. The number of nitrogens with zero attached hydrogens (tertiary/aromatic N) is 1. The number of carboxylic acid groups (broad SMARTS) is 1. The zero-order chi connectivity index (χ0) is 16.2. The summed E-state index contributed by atoms with van der Waals surface area (Å²) in [6, 6.07) is 3.90. The Hall–Kier alpha value is -2.09. The zero-order valence-corrected chi connectivity index (χ0v) is 12.9. The molecule has 0 aromatic heterocycles. The van der Waals surface area contributed by atoms with Crippen LogP contribution in [0.1, 0.15) is 15.9 Å². The van der Waals surface area contributed by atoms with Crippen LogP contribution >= 0.6 is 0 Å². The van der Waals surface area contributed by atoms with E-state index in [1.54, 1.807) is 13.0 Å². The number of sulfone groups is 1. The van der Waals surface area contributed by atoms with Crippen LogP contribution in [0.4, 0.5) is 10.5 Å². The van der Waals surface area contributed by atoms with E-state index < -0.39 is 21.8 Å². The number of benzene rings is 1. The largest absolute Gasteiger partial charge is 0.478 e. The third-order valence-corrected chi connectivity index (χ3v) is 3.79. The lowest BCUT2D eigenvalue weighted by atomic mass is 10.1. The number of hydrogen-bond donors (Lipinski definition) is 2. The molecule has 0 bridgehead atoms. The van der Waals surface area contributed by atoms with Gasteiger partial charge in [-0.15, -0.1) is 0 Å². The van der Waals surface area contributed by atoms with Crippen molar-refractivity contribution < 1.29 is 23.1 Å². The van der Waals surface area contributed by atoms with Gasteiger partial charge < -0.3 is 15.3 Å². The van der Waals surface area contributed by atoms with Crippen LogP contribution in [0, 0.1) is 6.92 Å². The molecule has 0 aliphatic heterocycles. The number of urea groups is 1. The van der Waals surface area contributed by atoms with Gasteiger partial charge in [0.1, 0.15) is 9.84 Å². The smallest absolute Gasteiger partial charge is 0.335 e. The average molecular weight is 314 g/mol. The first-order valence-electron chi connectivity index (χ1n) is 6.14. The Kier molecular flexibility index (Phi) is 5.31. The van der Waals surface area contributed by atoms with Gasteiger partial charge in [-0.1, -0.05) is 6.07 Å². The van der Waals surface area contributed by atoms with Crippen molar-refractivity contribution in [3.63, 3.8) is 0 Å². The number of carbonyl (C=O) groups is 2. The van der Waals surface area contributed by atoms with E-state index in [1.165, 1.54) is 24.1 Å². The average Bonchev–Trinajstić information content (AvgIpc) is 2.37. The van der Waals surface area contributed by atoms with Crippen molar-refractivity contribution in [2.75, 3.05) is 30.9 Å². The predicted molar refractivity (Wildman–Crippen MR) is 79.5 cm³/mol. The second-order valence-corrected chi connectivity index (χ2v) is 7.08. The highest BCUT2D eigenvalue weighted by molar-refractivity contribution is 7.90. The minimum absolute atomic E-state index is 0.0579. The van der Waals surface area contributed by atoms with Crippen LogP contribution in [0.5, 0.6) is 0 Å². The van der Waals surface area contributed by atoms with E-state index in [0.29, 0.717) is 11.3 Å². The minimum Gasteiger partial charge on any atom is -0.478 e. The standard InChI is InChI=1S/C13H18N2O5S/c1-9-4-5-10(12(16)17)8-11(9)14-13(18)15(2)6-7-21(3,19)20/h4-5,8H,6-7H2,1-3H3,(H,14,18)(H,16,17). The molecular formula is C13H18N2O5S. The number of aryl methyl sites for hydroxylation is 1. The maximum Gasteiger partial charge on any atom is 0.335 e. The van der Waals surface area contributed by atoms with Crippen molar-refractivity contribution in [3.8, 4) is 0 Å². The molecule has 0 radical (unpaired) electrons. The summed E-state index contributed by atoms with van der Waals surface area (Å²) in [6.07, 6.45) is 1.10. The lowest BCUT2D eigenvalue weighted by Gasteiger charge is -2.18. The summed E-state index contributed by atoms with van der Waals surface area (Å²) in [7, 11) is -1.68. The Bertz CT molecular complexity index is 655. The van der Waals surface area contributed by atoms with Crippen LogP contribution < -0.4 is 5.32 Å². The second-order valence-electron chi connectivity index (χ2n) is 4.82. The molecule has 116 valence electrons. The summed E-state index contributed by atoms with van der Waals surface area (Å²) >= 11 is 0. The van der Waals surface area contributed by atoms with Crippen LogP contribution in [-0.4, -0.2) is 56.0 Å². The van der Waals surface area contributed by atoms with E-state index in [4.69, 9.17) is 5.11 Å². The zero-order valence-electron chi connectivity index (χ0n) is 12.1. The van der Waals surface area contributed by atoms with Crippen molar-refractivity contribution in [1.29, 1.82) is 0 Å². The molecule has 0 spiro atoms. The molecule has 1 aromatic carbocycles. The molecule has 1 aromatic rings. The topological polar surface area (TPSA) is 104 Å².